The number of thioether (sulfide) groups is 1. The summed E-state index contributed by atoms with van der Waals surface area (Å²) in [6.07, 6.45) is 4.64. The summed E-state index contributed by atoms with van der Waals surface area (Å²) in [6, 6.07) is 0. The summed E-state index contributed by atoms with van der Waals surface area (Å²) in [5.41, 5.74) is 0. The van der Waals surface area contributed by atoms with E-state index in [0.717, 1.165) is 51.1 Å². The first-order chi connectivity index (χ1) is 10.2. The van der Waals surface area contributed by atoms with E-state index in [0.29, 0.717) is 0 Å². The molecule has 0 aromatic rings. The molecule has 1 aliphatic heterocycles. The summed E-state index contributed by atoms with van der Waals surface area (Å²) in [4.78, 5) is 9.80. The highest BCUT2D eigenvalue weighted by molar-refractivity contribution is 7.98. The number of piperazine rings is 1. The number of hydrogen-bond donors (Lipinski definition) is 1. The Balaban J connectivity index is 2.37. The molecule has 0 aromatic heterocycles. The molecule has 0 unspecified atom stereocenters. The summed E-state index contributed by atoms with van der Waals surface area (Å²) in [6.45, 7) is 14.4. The Kier molecular flexibility index (Phi) is 9.92. The van der Waals surface area contributed by atoms with Gasteiger partial charge in [0.2, 0.25) is 0 Å². The molecule has 1 aliphatic rings. The van der Waals surface area contributed by atoms with Gasteiger partial charge >= 0.3 is 0 Å². The molecule has 1 fully saturated rings. The number of unbranched alkanes of at least 4 members (excludes halogenated alkanes) is 1. The molecule has 0 aliphatic carbocycles. The summed E-state index contributed by atoms with van der Waals surface area (Å²) in [7, 11) is 0. The second kappa shape index (κ2) is 11.2. The Bertz CT molecular complexity index is 286. The third-order valence-electron chi connectivity index (χ3n) is 3.65. The van der Waals surface area contributed by atoms with Gasteiger partial charge in [-0.05, 0) is 37.7 Å². The summed E-state index contributed by atoms with van der Waals surface area (Å²) >= 11 is 1.92. The predicted molar refractivity (Wildman–Crippen MR) is 96.4 cm³/mol. The van der Waals surface area contributed by atoms with Crippen molar-refractivity contribution in [3.05, 3.63) is 0 Å². The number of hydrogen-bond acceptors (Lipinski definition) is 3. The maximum Gasteiger partial charge on any atom is 0.194 e. The van der Waals surface area contributed by atoms with E-state index in [1.807, 2.05) is 11.8 Å². The van der Waals surface area contributed by atoms with E-state index in [2.05, 4.69) is 42.1 Å². The third kappa shape index (κ3) is 7.96. The van der Waals surface area contributed by atoms with Gasteiger partial charge in [-0.3, -0.25) is 9.89 Å². The highest BCUT2D eigenvalue weighted by Gasteiger charge is 2.19. The SMILES string of the molecule is CCNC(=NCCCCSC)N1CCN(CC(C)C)CC1. The van der Waals surface area contributed by atoms with Gasteiger partial charge in [-0.2, -0.15) is 11.8 Å². The first-order valence-electron chi connectivity index (χ1n) is 8.42. The van der Waals surface area contributed by atoms with Crippen molar-refractivity contribution < 1.29 is 0 Å². The molecule has 1 saturated heterocycles. The molecular weight excluding hydrogens is 280 g/mol. The van der Waals surface area contributed by atoms with Crippen LogP contribution in [0.5, 0.6) is 0 Å². The van der Waals surface area contributed by atoms with Crippen LogP contribution < -0.4 is 5.32 Å². The minimum atomic E-state index is 0.759. The van der Waals surface area contributed by atoms with Crippen LogP contribution in [0.2, 0.25) is 0 Å². The molecule has 21 heavy (non-hydrogen) atoms. The van der Waals surface area contributed by atoms with Crippen LogP contribution in [0.15, 0.2) is 4.99 Å². The fourth-order valence-corrected chi connectivity index (χ4v) is 3.12. The van der Waals surface area contributed by atoms with E-state index < -0.39 is 0 Å². The molecule has 124 valence electrons. The van der Waals surface area contributed by atoms with Crippen LogP contribution in [0.3, 0.4) is 0 Å². The number of nitrogens with zero attached hydrogens (tertiary/aromatic N) is 3. The Morgan fingerprint density at radius 1 is 1.19 bits per heavy atom. The quantitative estimate of drug-likeness (QED) is 0.423. The molecule has 0 radical (unpaired) electrons. The number of rotatable bonds is 8. The molecule has 1 rings (SSSR count). The summed E-state index contributed by atoms with van der Waals surface area (Å²) in [5.74, 6) is 3.13. The van der Waals surface area contributed by atoms with Crippen LogP contribution in [0, 0.1) is 5.92 Å². The third-order valence-corrected chi connectivity index (χ3v) is 4.35. The van der Waals surface area contributed by atoms with E-state index in [-0.39, 0.29) is 0 Å². The maximum absolute atomic E-state index is 4.80. The van der Waals surface area contributed by atoms with Crippen LogP contribution in [0.4, 0.5) is 0 Å². The van der Waals surface area contributed by atoms with Crippen LogP contribution in [0.1, 0.15) is 33.6 Å². The van der Waals surface area contributed by atoms with Crippen molar-refractivity contribution in [2.24, 2.45) is 10.9 Å². The van der Waals surface area contributed by atoms with Crippen LogP contribution in [-0.2, 0) is 0 Å². The Labute approximate surface area is 135 Å². The lowest BCUT2D eigenvalue weighted by Gasteiger charge is -2.37. The van der Waals surface area contributed by atoms with Gasteiger partial charge in [0, 0.05) is 45.8 Å². The van der Waals surface area contributed by atoms with Crippen molar-refractivity contribution in [1.29, 1.82) is 0 Å². The van der Waals surface area contributed by atoms with Gasteiger partial charge in [0.15, 0.2) is 5.96 Å². The molecule has 0 aromatic carbocycles. The van der Waals surface area contributed by atoms with Crippen molar-refractivity contribution in [2.45, 2.75) is 33.6 Å². The first kappa shape index (κ1) is 18.6. The maximum atomic E-state index is 4.80. The first-order valence-corrected chi connectivity index (χ1v) is 9.81. The molecule has 1 N–H and O–H groups in total. The van der Waals surface area contributed by atoms with E-state index in [4.69, 9.17) is 4.99 Å². The van der Waals surface area contributed by atoms with E-state index in [9.17, 15) is 0 Å². The normalized spacial score (nSPS) is 17.6. The standard InChI is InChI=1S/C16H34N4S/c1-5-17-16(18-8-6-7-13-21-4)20-11-9-19(10-12-20)14-15(2)3/h15H,5-14H2,1-4H3,(H,17,18). The average Bonchev–Trinajstić information content (AvgIpc) is 2.46. The zero-order valence-electron chi connectivity index (χ0n) is 14.4. The number of guanidine groups is 1. The molecule has 0 atom stereocenters. The van der Waals surface area contributed by atoms with Gasteiger partial charge in [-0.15, -0.1) is 0 Å². The summed E-state index contributed by atoms with van der Waals surface area (Å²) in [5, 5.41) is 3.45. The van der Waals surface area contributed by atoms with Crippen molar-refractivity contribution in [3.63, 3.8) is 0 Å². The lowest BCUT2D eigenvalue weighted by molar-refractivity contribution is 0.164. The zero-order valence-corrected chi connectivity index (χ0v) is 15.2. The van der Waals surface area contributed by atoms with Gasteiger partial charge in [-0.1, -0.05) is 13.8 Å². The monoisotopic (exact) mass is 314 g/mol. The lowest BCUT2D eigenvalue weighted by Crippen LogP contribution is -2.53. The second-order valence-electron chi connectivity index (χ2n) is 6.12. The topological polar surface area (TPSA) is 30.9 Å². The molecule has 0 spiro atoms. The predicted octanol–water partition coefficient (Wildman–Crippen LogP) is 2.37. The van der Waals surface area contributed by atoms with Gasteiger partial charge in [-0.25, -0.2) is 0 Å². The zero-order chi connectivity index (χ0) is 15.5. The Hall–Kier alpha value is -0.420. The number of nitrogens with one attached hydrogen (secondary N) is 1. The van der Waals surface area contributed by atoms with Crippen LogP contribution in [0.25, 0.3) is 0 Å². The van der Waals surface area contributed by atoms with Gasteiger partial charge < -0.3 is 10.2 Å². The fraction of sp³-hybridized carbons (Fsp3) is 0.938. The minimum absolute atomic E-state index is 0.759. The van der Waals surface area contributed by atoms with Crippen LogP contribution in [-0.4, -0.2) is 73.6 Å². The van der Waals surface area contributed by atoms with Crippen LogP contribution >= 0.6 is 11.8 Å². The average molecular weight is 315 g/mol. The van der Waals surface area contributed by atoms with Crippen molar-refractivity contribution in [1.82, 2.24) is 15.1 Å². The molecule has 0 bridgehead atoms. The molecular formula is C16H34N4S. The van der Waals surface area contributed by atoms with Crippen molar-refractivity contribution in [3.8, 4) is 0 Å². The second-order valence-corrected chi connectivity index (χ2v) is 7.10. The van der Waals surface area contributed by atoms with Gasteiger partial charge in [0.1, 0.15) is 0 Å². The highest BCUT2D eigenvalue weighted by atomic mass is 32.2. The van der Waals surface area contributed by atoms with E-state index in [1.54, 1.807) is 0 Å². The molecule has 0 saturated carbocycles. The number of aliphatic imine (C=N–C) groups is 1. The van der Waals surface area contributed by atoms with Crippen molar-refractivity contribution >= 4 is 17.7 Å². The highest BCUT2D eigenvalue weighted by Crippen LogP contribution is 2.06. The largest absolute Gasteiger partial charge is 0.357 e. The Morgan fingerprint density at radius 2 is 1.90 bits per heavy atom. The van der Waals surface area contributed by atoms with Gasteiger partial charge in [0.25, 0.3) is 0 Å². The Morgan fingerprint density at radius 3 is 2.48 bits per heavy atom. The van der Waals surface area contributed by atoms with E-state index in [1.165, 1.54) is 25.1 Å². The minimum Gasteiger partial charge on any atom is -0.357 e. The molecule has 1 heterocycles. The lowest BCUT2D eigenvalue weighted by atomic mass is 10.2. The smallest absolute Gasteiger partial charge is 0.194 e. The molecule has 5 heteroatoms. The summed E-state index contributed by atoms with van der Waals surface area (Å²) < 4.78 is 0. The molecule has 0 amide bonds. The van der Waals surface area contributed by atoms with Crippen molar-refractivity contribution in [2.75, 3.05) is 57.8 Å². The van der Waals surface area contributed by atoms with Gasteiger partial charge in [0.05, 0.1) is 0 Å². The molecule has 4 nitrogen and oxygen atoms in total. The van der Waals surface area contributed by atoms with E-state index >= 15 is 0 Å². The fourth-order valence-electron chi connectivity index (χ4n) is 2.63.